The largest absolute Gasteiger partial charge is 0.455 e. The van der Waals surface area contributed by atoms with Crippen LogP contribution in [0.2, 0.25) is 0 Å². The second-order valence-corrected chi connectivity index (χ2v) is 8.28. The number of allylic oxidation sites excluding steroid dienone is 2. The summed E-state index contributed by atoms with van der Waals surface area (Å²) in [6.45, 7) is 2.04. The van der Waals surface area contributed by atoms with Crippen LogP contribution in [0.15, 0.2) is 36.0 Å². The van der Waals surface area contributed by atoms with Crippen molar-refractivity contribution in [1.82, 2.24) is 4.90 Å². The van der Waals surface area contributed by atoms with Crippen molar-refractivity contribution in [1.29, 1.82) is 0 Å². The number of carbonyl (C=O) groups excluding carboxylic acids is 3. The number of nitrogens with zero attached hydrogens (tertiary/aromatic N) is 2. The molecule has 1 aromatic rings. The fraction of sp³-hybridized carbons (Fsp3) is 0.522. The van der Waals surface area contributed by atoms with Gasteiger partial charge in [0.15, 0.2) is 6.61 Å². The van der Waals surface area contributed by atoms with Crippen LogP contribution in [0.5, 0.6) is 0 Å². The highest BCUT2D eigenvalue weighted by atomic mass is 16.5. The number of hydrogen-bond donors (Lipinski definition) is 0. The van der Waals surface area contributed by atoms with E-state index in [1.54, 1.807) is 4.90 Å². The zero-order valence-electron chi connectivity index (χ0n) is 16.9. The summed E-state index contributed by atoms with van der Waals surface area (Å²) in [5.41, 5.74) is 2.99. The van der Waals surface area contributed by atoms with Crippen molar-refractivity contribution in [3.05, 3.63) is 41.6 Å². The summed E-state index contributed by atoms with van der Waals surface area (Å²) in [5, 5.41) is 0. The number of ether oxygens (including phenoxy) is 1. The van der Waals surface area contributed by atoms with Gasteiger partial charge in [0.25, 0.3) is 5.91 Å². The predicted octanol–water partition coefficient (Wildman–Crippen LogP) is 3.34. The van der Waals surface area contributed by atoms with E-state index >= 15 is 0 Å². The van der Waals surface area contributed by atoms with Crippen LogP contribution >= 0.6 is 0 Å². The second-order valence-electron chi connectivity index (χ2n) is 8.28. The molecular formula is C23H28N2O4. The number of aryl methyl sites for hydroxylation is 1. The van der Waals surface area contributed by atoms with Gasteiger partial charge >= 0.3 is 5.97 Å². The molecule has 0 bridgehead atoms. The Labute approximate surface area is 171 Å². The van der Waals surface area contributed by atoms with E-state index < -0.39 is 11.9 Å². The SMILES string of the molecule is Cc1ccc(N2CC(C(=O)OCC(=O)N(C3=CCCCC3)C3CC3)CC2=O)cc1. The van der Waals surface area contributed by atoms with Crippen molar-refractivity contribution in [2.45, 2.75) is 57.9 Å². The van der Waals surface area contributed by atoms with Gasteiger partial charge in [-0.1, -0.05) is 23.8 Å². The van der Waals surface area contributed by atoms with E-state index in [1.165, 1.54) is 6.42 Å². The smallest absolute Gasteiger partial charge is 0.311 e. The molecule has 2 fully saturated rings. The second kappa shape index (κ2) is 8.39. The van der Waals surface area contributed by atoms with Gasteiger partial charge in [-0.2, -0.15) is 0 Å². The van der Waals surface area contributed by atoms with Crippen LogP contribution in [-0.2, 0) is 19.1 Å². The Morgan fingerprint density at radius 1 is 1.17 bits per heavy atom. The van der Waals surface area contributed by atoms with Crippen LogP contribution < -0.4 is 4.90 Å². The molecule has 0 spiro atoms. The van der Waals surface area contributed by atoms with Gasteiger partial charge in [0.05, 0.1) is 5.92 Å². The minimum Gasteiger partial charge on any atom is -0.455 e. The summed E-state index contributed by atoms with van der Waals surface area (Å²) in [5.74, 6) is -1.22. The maximum Gasteiger partial charge on any atom is 0.311 e. The minimum absolute atomic E-state index is 0.0888. The number of benzene rings is 1. The highest BCUT2D eigenvalue weighted by molar-refractivity contribution is 5.99. The lowest BCUT2D eigenvalue weighted by molar-refractivity contribution is -0.154. The molecule has 1 saturated heterocycles. The molecular weight excluding hydrogens is 368 g/mol. The predicted molar refractivity (Wildman–Crippen MR) is 109 cm³/mol. The number of esters is 1. The molecule has 1 unspecified atom stereocenters. The van der Waals surface area contributed by atoms with E-state index in [-0.39, 0.29) is 30.9 Å². The summed E-state index contributed by atoms with van der Waals surface area (Å²) < 4.78 is 5.35. The Kier molecular flexibility index (Phi) is 5.69. The molecule has 1 aromatic carbocycles. The Morgan fingerprint density at radius 2 is 1.93 bits per heavy atom. The van der Waals surface area contributed by atoms with Gasteiger partial charge in [-0.15, -0.1) is 0 Å². The molecule has 1 aliphatic heterocycles. The van der Waals surface area contributed by atoms with Crippen LogP contribution in [-0.4, -0.2) is 41.9 Å². The molecule has 0 N–H and O–H groups in total. The number of amides is 2. The molecule has 2 amide bonds. The Balaban J connectivity index is 1.33. The van der Waals surface area contributed by atoms with Crippen LogP contribution in [0.4, 0.5) is 5.69 Å². The van der Waals surface area contributed by atoms with Crippen molar-refractivity contribution in [3.8, 4) is 0 Å². The van der Waals surface area contributed by atoms with E-state index in [2.05, 4.69) is 6.08 Å². The average Bonchev–Trinajstić information content (AvgIpc) is 3.48. The lowest BCUT2D eigenvalue weighted by atomic mass is 10.0. The molecule has 1 heterocycles. The third kappa shape index (κ3) is 4.52. The van der Waals surface area contributed by atoms with E-state index in [9.17, 15) is 14.4 Å². The first-order valence-corrected chi connectivity index (χ1v) is 10.6. The van der Waals surface area contributed by atoms with E-state index in [4.69, 9.17) is 4.74 Å². The molecule has 3 aliphatic rings. The first-order chi connectivity index (χ1) is 14.0. The maximum absolute atomic E-state index is 12.8. The third-order valence-corrected chi connectivity index (χ3v) is 5.90. The topological polar surface area (TPSA) is 66.9 Å². The number of hydrogen-bond acceptors (Lipinski definition) is 4. The molecule has 6 heteroatoms. The standard InChI is InChI=1S/C23H28N2O4/c1-16-7-9-18(10-8-16)24-14-17(13-21(24)26)23(28)29-15-22(27)25(20-11-12-20)19-5-3-2-4-6-19/h5,7-10,17,20H,2-4,6,11-15H2,1H3. The van der Waals surface area contributed by atoms with Crippen molar-refractivity contribution in [2.75, 3.05) is 18.1 Å². The molecule has 1 saturated carbocycles. The molecule has 0 radical (unpaired) electrons. The quantitative estimate of drug-likeness (QED) is 0.692. The molecule has 0 aromatic heterocycles. The van der Waals surface area contributed by atoms with Gasteiger partial charge in [-0.05, 0) is 57.6 Å². The molecule has 154 valence electrons. The fourth-order valence-electron chi connectivity index (χ4n) is 4.13. The van der Waals surface area contributed by atoms with Gasteiger partial charge in [0.1, 0.15) is 0 Å². The van der Waals surface area contributed by atoms with Crippen molar-refractivity contribution in [3.63, 3.8) is 0 Å². The molecule has 29 heavy (non-hydrogen) atoms. The van der Waals surface area contributed by atoms with E-state index in [0.29, 0.717) is 6.54 Å². The maximum atomic E-state index is 12.8. The highest BCUT2D eigenvalue weighted by Crippen LogP contribution is 2.34. The number of carbonyl (C=O) groups is 3. The normalized spacial score (nSPS) is 21.7. The summed E-state index contributed by atoms with van der Waals surface area (Å²) in [7, 11) is 0. The Bertz CT molecular complexity index is 826. The average molecular weight is 396 g/mol. The lowest BCUT2D eigenvalue weighted by Gasteiger charge is -2.27. The van der Waals surface area contributed by atoms with Crippen LogP contribution in [0.25, 0.3) is 0 Å². The Morgan fingerprint density at radius 3 is 2.59 bits per heavy atom. The molecule has 6 nitrogen and oxygen atoms in total. The molecule has 4 rings (SSSR count). The van der Waals surface area contributed by atoms with Crippen molar-refractivity contribution in [2.24, 2.45) is 5.92 Å². The lowest BCUT2D eigenvalue weighted by Crippen LogP contribution is -2.37. The van der Waals surface area contributed by atoms with Gasteiger partial charge in [0.2, 0.25) is 5.91 Å². The zero-order chi connectivity index (χ0) is 20.4. The summed E-state index contributed by atoms with van der Waals surface area (Å²) in [4.78, 5) is 41.1. The summed E-state index contributed by atoms with van der Waals surface area (Å²) in [6, 6.07) is 7.92. The van der Waals surface area contributed by atoms with Gasteiger partial charge in [-0.25, -0.2) is 0 Å². The van der Waals surface area contributed by atoms with Crippen molar-refractivity contribution >= 4 is 23.5 Å². The van der Waals surface area contributed by atoms with Crippen LogP contribution in [0, 0.1) is 12.8 Å². The highest BCUT2D eigenvalue weighted by Gasteiger charge is 2.38. The summed E-state index contributed by atoms with van der Waals surface area (Å²) >= 11 is 0. The van der Waals surface area contributed by atoms with Crippen LogP contribution in [0.3, 0.4) is 0 Å². The first kappa shape index (κ1) is 19.7. The first-order valence-electron chi connectivity index (χ1n) is 10.6. The van der Waals surface area contributed by atoms with E-state index in [1.807, 2.05) is 36.1 Å². The molecule has 1 atom stereocenters. The third-order valence-electron chi connectivity index (χ3n) is 5.90. The van der Waals surface area contributed by atoms with Crippen LogP contribution in [0.1, 0.15) is 50.5 Å². The molecule has 2 aliphatic carbocycles. The monoisotopic (exact) mass is 396 g/mol. The van der Waals surface area contributed by atoms with Gasteiger partial charge in [0, 0.05) is 30.4 Å². The van der Waals surface area contributed by atoms with E-state index in [0.717, 1.165) is 49.1 Å². The minimum atomic E-state index is -0.528. The fourth-order valence-corrected chi connectivity index (χ4v) is 4.13. The zero-order valence-corrected chi connectivity index (χ0v) is 16.9. The van der Waals surface area contributed by atoms with Gasteiger partial charge < -0.3 is 14.5 Å². The van der Waals surface area contributed by atoms with Gasteiger partial charge in [-0.3, -0.25) is 14.4 Å². The number of rotatable bonds is 6. The van der Waals surface area contributed by atoms with Crippen molar-refractivity contribution < 1.29 is 19.1 Å². The Hall–Kier alpha value is -2.63. The summed E-state index contributed by atoms with van der Waals surface area (Å²) in [6.07, 6.45) is 8.48. The number of anilines is 1.